The molecule has 0 aliphatic rings. The number of ether oxygens (including phenoxy) is 1. The van der Waals surface area contributed by atoms with E-state index in [1.807, 2.05) is 19.1 Å². The van der Waals surface area contributed by atoms with Crippen LogP contribution in [0.3, 0.4) is 0 Å². The Kier molecular flexibility index (Phi) is 4.99. The van der Waals surface area contributed by atoms with Crippen LogP contribution in [0.15, 0.2) is 18.2 Å². The molecule has 0 fully saturated rings. The van der Waals surface area contributed by atoms with Gasteiger partial charge in [-0.1, -0.05) is 5.92 Å². The molecule has 1 aromatic rings. The van der Waals surface area contributed by atoms with Crippen molar-refractivity contribution < 1.29 is 9.53 Å². The van der Waals surface area contributed by atoms with Crippen LogP contribution < -0.4 is 0 Å². The SMILES string of the molecule is COC(=O)c1ccc(C#CSI)cc1C. The van der Waals surface area contributed by atoms with Gasteiger partial charge < -0.3 is 4.74 Å². The van der Waals surface area contributed by atoms with Crippen molar-refractivity contribution in [3.63, 3.8) is 0 Å². The molecule has 0 bridgehead atoms. The third-order valence-corrected chi connectivity index (χ3v) is 2.71. The molecule has 0 saturated heterocycles. The molecule has 15 heavy (non-hydrogen) atoms. The molecule has 0 aliphatic heterocycles. The van der Waals surface area contributed by atoms with Crippen LogP contribution in [-0.4, -0.2) is 13.1 Å². The first kappa shape index (κ1) is 12.4. The predicted octanol–water partition coefficient (Wildman–Crippen LogP) is 3.17. The van der Waals surface area contributed by atoms with Gasteiger partial charge in [0.15, 0.2) is 0 Å². The van der Waals surface area contributed by atoms with Crippen molar-refractivity contribution in [2.45, 2.75) is 6.92 Å². The van der Waals surface area contributed by atoms with Gasteiger partial charge in [-0.2, -0.15) is 0 Å². The molecule has 0 aromatic heterocycles. The van der Waals surface area contributed by atoms with Gasteiger partial charge in [0.05, 0.1) is 12.7 Å². The fraction of sp³-hybridized carbons (Fsp3) is 0.182. The van der Waals surface area contributed by atoms with Crippen molar-refractivity contribution in [3.05, 3.63) is 34.9 Å². The number of hydrogen-bond acceptors (Lipinski definition) is 3. The third-order valence-electron chi connectivity index (χ3n) is 1.87. The van der Waals surface area contributed by atoms with Crippen molar-refractivity contribution in [2.24, 2.45) is 0 Å². The van der Waals surface area contributed by atoms with Gasteiger partial charge in [-0.05, 0) is 44.9 Å². The number of benzene rings is 1. The minimum atomic E-state index is -0.310. The molecular weight excluding hydrogens is 323 g/mol. The van der Waals surface area contributed by atoms with Crippen LogP contribution in [0.2, 0.25) is 0 Å². The maximum atomic E-state index is 11.3. The molecule has 0 heterocycles. The highest BCUT2D eigenvalue weighted by Gasteiger charge is 2.08. The van der Waals surface area contributed by atoms with Crippen LogP contribution in [0.4, 0.5) is 0 Å². The van der Waals surface area contributed by atoms with Crippen molar-refractivity contribution in [3.8, 4) is 11.2 Å². The van der Waals surface area contributed by atoms with E-state index in [1.165, 1.54) is 16.0 Å². The largest absolute Gasteiger partial charge is 0.465 e. The Bertz CT molecular complexity index is 432. The minimum Gasteiger partial charge on any atom is -0.465 e. The Balaban J connectivity index is 3.03. The summed E-state index contributed by atoms with van der Waals surface area (Å²) in [5.74, 6) is 2.66. The summed E-state index contributed by atoms with van der Waals surface area (Å²) in [6.45, 7) is 1.87. The summed E-state index contributed by atoms with van der Waals surface area (Å²) in [5.41, 5.74) is 2.38. The van der Waals surface area contributed by atoms with E-state index in [2.05, 4.69) is 37.1 Å². The van der Waals surface area contributed by atoms with E-state index in [-0.39, 0.29) is 5.97 Å². The molecule has 0 unspecified atom stereocenters. The summed E-state index contributed by atoms with van der Waals surface area (Å²) in [4.78, 5) is 11.3. The van der Waals surface area contributed by atoms with Crippen LogP contribution >= 0.6 is 30.1 Å². The van der Waals surface area contributed by atoms with Gasteiger partial charge in [0, 0.05) is 26.8 Å². The second kappa shape index (κ2) is 6.03. The lowest BCUT2D eigenvalue weighted by molar-refractivity contribution is 0.0600. The number of carbonyl (C=O) groups excluding carboxylic acids is 1. The molecule has 78 valence electrons. The highest BCUT2D eigenvalue weighted by Crippen LogP contribution is 2.13. The highest BCUT2D eigenvalue weighted by atomic mass is 127. The molecule has 0 N–H and O–H groups in total. The summed E-state index contributed by atoms with van der Waals surface area (Å²) in [7, 11) is 2.81. The summed E-state index contributed by atoms with van der Waals surface area (Å²) >= 11 is 2.12. The first-order valence-electron chi connectivity index (χ1n) is 4.16. The molecule has 0 radical (unpaired) electrons. The van der Waals surface area contributed by atoms with Gasteiger partial charge in [0.25, 0.3) is 0 Å². The average molecular weight is 332 g/mol. The third kappa shape index (κ3) is 3.43. The van der Waals surface area contributed by atoms with E-state index < -0.39 is 0 Å². The average Bonchev–Trinajstić information content (AvgIpc) is 2.25. The molecule has 1 aromatic carbocycles. The monoisotopic (exact) mass is 332 g/mol. The van der Waals surface area contributed by atoms with E-state index in [0.717, 1.165) is 11.1 Å². The summed E-state index contributed by atoms with van der Waals surface area (Å²) in [6, 6.07) is 5.44. The normalized spacial score (nSPS) is 9.00. The Morgan fingerprint density at radius 3 is 2.80 bits per heavy atom. The first-order valence-corrected chi connectivity index (χ1v) is 7.52. The predicted molar refractivity (Wildman–Crippen MR) is 71.0 cm³/mol. The van der Waals surface area contributed by atoms with E-state index in [0.29, 0.717) is 5.56 Å². The number of carbonyl (C=O) groups is 1. The second-order valence-corrected chi connectivity index (χ2v) is 4.51. The lowest BCUT2D eigenvalue weighted by atomic mass is 10.1. The molecule has 0 atom stereocenters. The second-order valence-electron chi connectivity index (χ2n) is 2.83. The minimum absolute atomic E-state index is 0.310. The Labute approximate surface area is 105 Å². The number of hydrogen-bond donors (Lipinski definition) is 0. The number of esters is 1. The summed E-state index contributed by atoms with van der Waals surface area (Å²) in [5, 5.41) is 2.89. The van der Waals surface area contributed by atoms with Crippen LogP contribution in [0, 0.1) is 18.1 Å². The number of rotatable bonds is 1. The molecule has 0 spiro atoms. The van der Waals surface area contributed by atoms with E-state index >= 15 is 0 Å². The van der Waals surface area contributed by atoms with Gasteiger partial charge in [-0.25, -0.2) is 4.79 Å². The van der Waals surface area contributed by atoms with E-state index in [4.69, 9.17) is 0 Å². The number of methoxy groups -OCH3 is 1. The molecule has 0 saturated carbocycles. The Morgan fingerprint density at radius 1 is 1.53 bits per heavy atom. The maximum absolute atomic E-state index is 11.3. The Morgan fingerprint density at radius 2 is 2.27 bits per heavy atom. The Hall–Kier alpha value is -0.670. The van der Waals surface area contributed by atoms with Crippen LogP contribution in [0.5, 0.6) is 0 Å². The zero-order valence-electron chi connectivity index (χ0n) is 8.33. The summed E-state index contributed by atoms with van der Waals surface area (Å²) in [6.07, 6.45) is 0. The van der Waals surface area contributed by atoms with Gasteiger partial charge >= 0.3 is 5.97 Å². The molecule has 1 rings (SSSR count). The van der Waals surface area contributed by atoms with Crippen molar-refractivity contribution >= 4 is 36.1 Å². The maximum Gasteiger partial charge on any atom is 0.338 e. The number of aryl methyl sites for hydroxylation is 1. The van der Waals surface area contributed by atoms with Gasteiger partial charge in [0.1, 0.15) is 0 Å². The quantitative estimate of drug-likeness (QED) is 0.449. The fourth-order valence-corrected chi connectivity index (χ4v) is 1.65. The van der Waals surface area contributed by atoms with E-state index in [9.17, 15) is 4.79 Å². The zero-order chi connectivity index (χ0) is 11.3. The highest BCUT2D eigenvalue weighted by molar-refractivity contribution is 14.2. The standard InChI is InChI=1S/C11H9IO2S/c1-8-7-9(5-6-15-12)3-4-10(8)11(13)14-2/h3-4,7H,1-2H3. The van der Waals surface area contributed by atoms with Crippen LogP contribution in [0.1, 0.15) is 21.5 Å². The first-order chi connectivity index (χ1) is 7.19. The topological polar surface area (TPSA) is 26.3 Å². The molecule has 0 amide bonds. The van der Waals surface area contributed by atoms with Crippen molar-refractivity contribution in [1.29, 1.82) is 0 Å². The van der Waals surface area contributed by atoms with Crippen molar-refractivity contribution in [2.75, 3.05) is 7.11 Å². The van der Waals surface area contributed by atoms with Crippen LogP contribution in [-0.2, 0) is 4.74 Å². The zero-order valence-corrected chi connectivity index (χ0v) is 11.3. The number of halogens is 1. The molecular formula is C11H9IO2S. The smallest absolute Gasteiger partial charge is 0.338 e. The summed E-state index contributed by atoms with van der Waals surface area (Å²) < 4.78 is 4.66. The van der Waals surface area contributed by atoms with Gasteiger partial charge in [-0.3, -0.25) is 0 Å². The van der Waals surface area contributed by atoms with Gasteiger partial charge in [0.2, 0.25) is 0 Å². The van der Waals surface area contributed by atoms with Crippen molar-refractivity contribution in [1.82, 2.24) is 0 Å². The van der Waals surface area contributed by atoms with Crippen LogP contribution in [0.25, 0.3) is 0 Å². The lowest BCUT2D eigenvalue weighted by Crippen LogP contribution is -2.03. The molecule has 2 nitrogen and oxygen atoms in total. The lowest BCUT2D eigenvalue weighted by Gasteiger charge is -2.03. The van der Waals surface area contributed by atoms with E-state index in [1.54, 1.807) is 6.07 Å². The fourth-order valence-electron chi connectivity index (χ4n) is 1.16. The molecule has 4 heteroatoms. The van der Waals surface area contributed by atoms with Gasteiger partial charge in [-0.15, -0.1) is 0 Å². The molecule has 0 aliphatic carbocycles.